The summed E-state index contributed by atoms with van der Waals surface area (Å²) < 4.78 is 30.5. The molecule has 0 unspecified atom stereocenters. The number of aromatic nitrogens is 4. The van der Waals surface area contributed by atoms with Gasteiger partial charge in [-0.25, -0.2) is 8.42 Å². The number of hydrogen-bond acceptors (Lipinski definition) is 5. The lowest BCUT2D eigenvalue weighted by Crippen LogP contribution is -2.50. The summed E-state index contributed by atoms with van der Waals surface area (Å²) in [7, 11) is -3.60. The van der Waals surface area contributed by atoms with Crippen molar-refractivity contribution >= 4 is 15.9 Å². The molecule has 26 heavy (non-hydrogen) atoms. The van der Waals surface area contributed by atoms with E-state index in [1.54, 1.807) is 39.8 Å². The normalized spacial score (nSPS) is 16.2. The Labute approximate surface area is 153 Å². The minimum absolute atomic E-state index is 0.114. The average Bonchev–Trinajstić information content (AvgIpc) is 3.27. The van der Waals surface area contributed by atoms with Gasteiger partial charge >= 0.3 is 0 Å². The highest BCUT2D eigenvalue weighted by Gasteiger charge is 2.32. The van der Waals surface area contributed by atoms with Crippen molar-refractivity contribution in [3.05, 3.63) is 29.8 Å². The molecule has 2 aromatic rings. The Morgan fingerprint density at radius 2 is 1.73 bits per heavy atom. The van der Waals surface area contributed by atoms with Crippen molar-refractivity contribution in [1.29, 1.82) is 0 Å². The molecule has 0 atom stereocenters. The molecule has 1 fully saturated rings. The number of amides is 1. The molecule has 0 bridgehead atoms. The highest BCUT2D eigenvalue weighted by molar-refractivity contribution is 7.89. The maximum atomic E-state index is 12.9. The van der Waals surface area contributed by atoms with Crippen LogP contribution in [-0.4, -0.2) is 69.3 Å². The van der Waals surface area contributed by atoms with Crippen LogP contribution in [0.4, 0.5) is 0 Å². The number of carbonyl (C=O) groups excluding carboxylic acids is 1. The van der Waals surface area contributed by atoms with Gasteiger partial charge in [0.05, 0.1) is 17.5 Å². The van der Waals surface area contributed by atoms with Gasteiger partial charge in [-0.2, -0.15) is 14.5 Å². The first-order chi connectivity index (χ1) is 12.4. The van der Waals surface area contributed by atoms with Crippen molar-refractivity contribution in [1.82, 2.24) is 28.8 Å². The summed E-state index contributed by atoms with van der Waals surface area (Å²) in [6.07, 6.45) is 4.84. The van der Waals surface area contributed by atoms with E-state index in [0.717, 1.165) is 0 Å². The Balaban J connectivity index is 1.69. The third-order valence-electron chi connectivity index (χ3n) is 4.57. The monoisotopic (exact) mass is 380 g/mol. The summed E-state index contributed by atoms with van der Waals surface area (Å²) in [5.74, 6) is -0.114. The van der Waals surface area contributed by atoms with E-state index in [1.165, 1.54) is 4.31 Å². The van der Waals surface area contributed by atoms with Crippen LogP contribution >= 0.6 is 0 Å². The van der Waals surface area contributed by atoms with Crippen LogP contribution in [0.15, 0.2) is 23.5 Å². The van der Waals surface area contributed by atoms with Crippen molar-refractivity contribution in [2.45, 2.75) is 38.8 Å². The number of rotatable bonds is 5. The first-order valence-corrected chi connectivity index (χ1v) is 10.2. The van der Waals surface area contributed by atoms with Crippen LogP contribution in [0.25, 0.3) is 0 Å². The third-order valence-corrected chi connectivity index (χ3v) is 6.57. The Kier molecular flexibility index (Phi) is 5.15. The van der Waals surface area contributed by atoms with E-state index in [2.05, 4.69) is 10.2 Å². The van der Waals surface area contributed by atoms with Crippen LogP contribution in [0.5, 0.6) is 0 Å². The zero-order chi connectivity index (χ0) is 18.9. The number of aryl methyl sites for hydroxylation is 3. The second-order valence-corrected chi connectivity index (χ2v) is 8.12. The lowest BCUT2D eigenvalue weighted by Gasteiger charge is -2.33. The molecule has 3 rings (SSSR count). The molecule has 0 saturated carbocycles. The van der Waals surface area contributed by atoms with Crippen molar-refractivity contribution in [2.75, 3.05) is 26.2 Å². The Morgan fingerprint density at radius 1 is 1.08 bits per heavy atom. The van der Waals surface area contributed by atoms with E-state index in [1.807, 2.05) is 13.8 Å². The Bertz CT molecular complexity index is 893. The molecule has 2 aromatic heterocycles. The SMILES string of the molecule is CCn1cc(C(=O)N2CCN(S(=O)(=O)c3cn(CC)nc3C)CC2)cn1. The molecule has 1 aliphatic heterocycles. The molecular weight excluding hydrogens is 356 g/mol. The topological polar surface area (TPSA) is 93.3 Å². The summed E-state index contributed by atoms with van der Waals surface area (Å²) in [4.78, 5) is 14.5. The van der Waals surface area contributed by atoms with Crippen molar-refractivity contribution in [2.24, 2.45) is 0 Å². The average molecular weight is 380 g/mol. The van der Waals surface area contributed by atoms with Crippen molar-refractivity contribution < 1.29 is 13.2 Å². The molecule has 0 spiro atoms. The molecule has 1 amide bonds. The molecule has 3 heterocycles. The zero-order valence-electron chi connectivity index (χ0n) is 15.3. The standard InChI is InChI=1S/C16H24N6O3S/c1-4-20-11-14(10-17-20)16(23)19-6-8-22(9-7-19)26(24,25)15-12-21(5-2)18-13(15)3/h10-12H,4-9H2,1-3H3. The van der Waals surface area contributed by atoms with Gasteiger partial charge in [0.15, 0.2) is 0 Å². The summed E-state index contributed by atoms with van der Waals surface area (Å²) in [6, 6.07) is 0. The lowest BCUT2D eigenvalue weighted by atomic mass is 10.2. The summed E-state index contributed by atoms with van der Waals surface area (Å²) >= 11 is 0. The maximum absolute atomic E-state index is 12.9. The molecule has 1 aliphatic rings. The lowest BCUT2D eigenvalue weighted by molar-refractivity contribution is 0.0697. The summed E-state index contributed by atoms with van der Waals surface area (Å²) in [5, 5.41) is 8.34. The van der Waals surface area contributed by atoms with Crippen LogP contribution < -0.4 is 0 Å². The van der Waals surface area contributed by atoms with Crippen LogP contribution in [0.3, 0.4) is 0 Å². The summed E-state index contributed by atoms with van der Waals surface area (Å²) in [5.41, 5.74) is 1.03. The van der Waals surface area contributed by atoms with Gasteiger partial charge in [0.2, 0.25) is 10.0 Å². The van der Waals surface area contributed by atoms with E-state index < -0.39 is 10.0 Å². The minimum Gasteiger partial charge on any atom is -0.336 e. The number of hydrogen-bond donors (Lipinski definition) is 0. The second-order valence-electron chi connectivity index (χ2n) is 6.22. The van der Waals surface area contributed by atoms with Gasteiger partial charge in [0, 0.05) is 51.7 Å². The maximum Gasteiger partial charge on any atom is 0.257 e. The van der Waals surface area contributed by atoms with Gasteiger partial charge < -0.3 is 4.90 Å². The zero-order valence-corrected chi connectivity index (χ0v) is 16.1. The molecule has 1 saturated heterocycles. The van der Waals surface area contributed by atoms with Crippen molar-refractivity contribution in [3.63, 3.8) is 0 Å². The van der Waals surface area contributed by atoms with E-state index in [-0.39, 0.29) is 23.9 Å². The predicted molar refractivity (Wildman–Crippen MR) is 95.2 cm³/mol. The smallest absolute Gasteiger partial charge is 0.257 e. The summed E-state index contributed by atoms with van der Waals surface area (Å²) in [6.45, 7) is 8.13. The number of nitrogens with zero attached hydrogens (tertiary/aromatic N) is 6. The van der Waals surface area contributed by atoms with E-state index in [0.29, 0.717) is 37.4 Å². The second kappa shape index (κ2) is 7.20. The fraction of sp³-hybridized carbons (Fsp3) is 0.562. The van der Waals surface area contributed by atoms with Gasteiger partial charge in [0.1, 0.15) is 4.90 Å². The minimum atomic E-state index is -3.60. The quantitative estimate of drug-likeness (QED) is 0.756. The fourth-order valence-electron chi connectivity index (χ4n) is 3.01. The molecule has 0 aliphatic carbocycles. The molecule has 9 nitrogen and oxygen atoms in total. The van der Waals surface area contributed by atoms with Crippen molar-refractivity contribution in [3.8, 4) is 0 Å². The Hall–Kier alpha value is -2.20. The number of carbonyl (C=O) groups is 1. The first-order valence-electron chi connectivity index (χ1n) is 8.72. The van der Waals surface area contributed by atoms with Gasteiger partial charge in [-0.05, 0) is 20.8 Å². The van der Waals surface area contributed by atoms with E-state index in [9.17, 15) is 13.2 Å². The van der Waals surface area contributed by atoms with Crippen LogP contribution in [0.2, 0.25) is 0 Å². The molecule has 0 aromatic carbocycles. The van der Waals surface area contributed by atoms with Crippen LogP contribution in [-0.2, 0) is 23.1 Å². The highest BCUT2D eigenvalue weighted by Crippen LogP contribution is 2.21. The molecule has 142 valence electrons. The van der Waals surface area contributed by atoms with Crippen LogP contribution in [0.1, 0.15) is 29.9 Å². The van der Waals surface area contributed by atoms with E-state index in [4.69, 9.17) is 0 Å². The first kappa shape index (κ1) is 18.6. The molecular formula is C16H24N6O3S. The van der Waals surface area contributed by atoms with Gasteiger partial charge in [0.25, 0.3) is 5.91 Å². The highest BCUT2D eigenvalue weighted by atomic mass is 32.2. The largest absolute Gasteiger partial charge is 0.336 e. The molecule has 0 radical (unpaired) electrons. The fourth-order valence-corrected chi connectivity index (χ4v) is 4.61. The number of piperazine rings is 1. The predicted octanol–water partition coefficient (Wildman–Crippen LogP) is 0.575. The van der Waals surface area contributed by atoms with Gasteiger partial charge in [-0.15, -0.1) is 0 Å². The Morgan fingerprint density at radius 3 is 2.27 bits per heavy atom. The number of sulfonamides is 1. The molecule has 0 N–H and O–H groups in total. The third kappa shape index (κ3) is 3.38. The molecule has 10 heteroatoms. The van der Waals surface area contributed by atoms with Gasteiger partial charge in [-0.1, -0.05) is 0 Å². The van der Waals surface area contributed by atoms with Crippen LogP contribution in [0, 0.1) is 6.92 Å². The van der Waals surface area contributed by atoms with E-state index >= 15 is 0 Å². The van der Waals surface area contributed by atoms with Gasteiger partial charge in [-0.3, -0.25) is 14.2 Å².